The van der Waals surface area contributed by atoms with Gasteiger partial charge in [0.25, 0.3) is 5.56 Å². The summed E-state index contributed by atoms with van der Waals surface area (Å²) >= 11 is 0. The van der Waals surface area contributed by atoms with Gasteiger partial charge in [-0.3, -0.25) is 9.59 Å². The Kier molecular flexibility index (Phi) is 2.11. The van der Waals surface area contributed by atoms with Gasteiger partial charge in [0.2, 0.25) is 5.43 Å². The Bertz CT molecular complexity index is 476. The number of aryl methyl sites for hydroxylation is 1. The SMILES string of the molecule is O=c1cc(O)c2c([nH]c1=O)CCCC2. The molecule has 1 aliphatic rings. The van der Waals surface area contributed by atoms with Gasteiger partial charge in [-0.15, -0.1) is 0 Å². The van der Waals surface area contributed by atoms with Gasteiger partial charge in [0.05, 0.1) is 0 Å². The van der Waals surface area contributed by atoms with Crippen molar-refractivity contribution in [3.05, 3.63) is 37.9 Å². The number of nitrogens with one attached hydrogen (secondary N) is 1. The van der Waals surface area contributed by atoms with E-state index in [1.54, 1.807) is 0 Å². The molecule has 0 atom stereocenters. The number of aromatic amines is 1. The fourth-order valence-corrected chi connectivity index (χ4v) is 1.80. The first-order valence-corrected chi connectivity index (χ1v) is 4.67. The first kappa shape index (κ1) is 8.99. The molecule has 0 spiro atoms. The number of hydrogen-bond acceptors (Lipinski definition) is 3. The van der Waals surface area contributed by atoms with E-state index in [1.807, 2.05) is 0 Å². The zero-order valence-electron chi connectivity index (χ0n) is 7.67. The van der Waals surface area contributed by atoms with Crippen LogP contribution in [-0.4, -0.2) is 10.1 Å². The van der Waals surface area contributed by atoms with Crippen molar-refractivity contribution in [3.63, 3.8) is 0 Å². The fraction of sp³-hybridized carbons (Fsp3) is 0.400. The molecule has 0 unspecified atom stereocenters. The molecule has 1 aromatic rings. The second-order valence-corrected chi connectivity index (χ2v) is 3.51. The molecule has 4 heteroatoms. The molecule has 1 aromatic heterocycles. The lowest BCUT2D eigenvalue weighted by Crippen LogP contribution is -2.23. The quantitative estimate of drug-likeness (QED) is 0.583. The van der Waals surface area contributed by atoms with Crippen LogP contribution in [0.25, 0.3) is 0 Å². The molecule has 2 N–H and O–H groups in total. The van der Waals surface area contributed by atoms with E-state index in [2.05, 4.69) is 4.98 Å². The van der Waals surface area contributed by atoms with Crippen LogP contribution in [0, 0.1) is 0 Å². The van der Waals surface area contributed by atoms with Crippen LogP contribution in [-0.2, 0) is 12.8 Å². The zero-order valence-corrected chi connectivity index (χ0v) is 7.67. The second kappa shape index (κ2) is 3.29. The van der Waals surface area contributed by atoms with Gasteiger partial charge in [-0.1, -0.05) is 0 Å². The monoisotopic (exact) mass is 193 g/mol. The van der Waals surface area contributed by atoms with Crippen molar-refractivity contribution in [1.29, 1.82) is 0 Å². The van der Waals surface area contributed by atoms with Crippen molar-refractivity contribution in [2.75, 3.05) is 0 Å². The Morgan fingerprint density at radius 3 is 2.71 bits per heavy atom. The van der Waals surface area contributed by atoms with Crippen LogP contribution in [0.2, 0.25) is 0 Å². The third-order valence-corrected chi connectivity index (χ3v) is 2.53. The maximum absolute atomic E-state index is 11.2. The highest BCUT2D eigenvalue weighted by Gasteiger charge is 2.13. The minimum Gasteiger partial charge on any atom is -0.507 e. The number of hydrogen-bond donors (Lipinski definition) is 2. The van der Waals surface area contributed by atoms with Crippen LogP contribution in [0.15, 0.2) is 15.7 Å². The van der Waals surface area contributed by atoms with Crippen molar-refractivity contribution < 1.29 is 5.11 Å². The summed E-state index contributed by atoms with van der Waals surface area (Å²) in [5.41, 5.74) is 0.0941. The summed E-state index contributed by atoms with van der Waals surface area (Å²) in [7, 11) is 0. The van der Waals surface area contributed by atoms with E-state index in [0.29, 0.717) is 5.69 Å². The lowest BCUT2D eigenvalue weighted by Gasteiger charge is -2.12. The molecule has 0 bridgehead atoms. The van der Waals surface area contributed by atoms with Crippen molar-refractivity contribution in [1.82, 2.24) is 4.98 Å². The molecule has 4 nitrogen and oxygen atoms in total. The number of aromatic hydroxyl groups is 1. The summed E-state index contributed by atoms with van der Waals surface area (Å²) < 4.78 is 0. The Morgan fingerprint density at radius 1 is 1.21 bits per heavy atom. The molecule has 0 aromatic carbocycles. The third-order valence-electron chi connectivity index (χ3n) is 2.53. The van der Waals surface area contributed by atoms with E-state index < -0.39 is 11.0 Å². The second-order valence-electron chi connectivity index (χ2n) is 3.51. The highest BCUT2D eigenvalue weighted by atomic mass is 16.3. The minimum atomic E-state index is -0.683. The molecule has 2 rings (SSSR count). The molecule has 0 saturated carbocycles. The van der Waals surface area contributed by atoms with Gasteiger partial charge in [-0.25, -0.2) is 0 Å². The minimum absolute atomic E-state index is 0.0527. The van der Waals surface area contributed by atoms with E-state index in [9.17, 15) is 14.7 Å². The highest BCUT2D eigenvalue weighted by molar-refractivity contribution is 5.35. The molecule has 0 aliphatic heterocycles. The molecule has 0 fully saturated rings. The van der Waals surface area contributed by atoms with Gasteiger partial charge in [0.15, 0.2) is 0 Å². The van der Waals surface area contributed by atoms with E-state index in [4.69, 9.17) is 0 Å². The highest BCUT2D eigenvalue weighted by Crippen LogP contribution is 2.24. The first-order chi connectivity index (χ1) is 6.68. The van der Waals surface area contributed by atoms with Crippen LogP contribution < -0.4 is 11.0 Å². The van der Waals surface area contributed by atoms with Gasteiger partial charge in [0, 0.05) is 17.3 Å². The maximum Gasteiger partial charge on any atom is 0.296 e. The molecule has 0 saturated heterocycles. The van der Waals surface area contributed by atoms with Crippen LogP contribution in [0.1, 0.15) is 24.1 Å². The van der Waals surface area contributed by atoms with Crippen LogP contribution in [0.4, 0.5) is 0 Å². The normalized spacial score (nSPS) is 14.9. The summed E-state index contributed by atoms with van der Waals surface area (Å²) in [5.74, 6) is -0.0527. The van der Waals surface area contributed by atoms with E-state index in [-0.39, 0.29) is 5.75 Å². The average Bonchev–Trinajstić information content (AvgIpc) is 2.27. The lowest BCUT2D eigenvalue weighted by molar-refractivity contribution is 0.462. The number of aromatic nitrogens is 1. The largest absolute Gasteiger partial charge is 0.507 e. The Balaban J connectivity index is 2.80. The zero-order chi connectivity index (χ0) is 10.1. The molecule has 74 valence electrons. The Labute approximate surface area is 80.2 Å². The Morgan fingerprint density at radius 2 is 1.93 bits per heavy atom. The van der Waals surface area contributed by atoms with Crippen molar-refractivity contribution in [2.45, 2.75) is 25.7 Å². The molecule has 1 aliphatic carbocycles. The van der Waals surface area contributed by atoms with Crippen LogP contribution >= 0.6 is 0 Å². The smallest absolute Gasteiger partial charge is 0.296 e. The average molecular weight is 193 g/mol. The summed E-state index contributed by atoms with van der Waals surface area (Å²) in [5, 5.41) is 9.56. The summed E-state index contributed by atoms with van der Waals surface area (Å²) in [6.07, 6.45) is 3.43. The van der Waals surface area contributed by atoms with E-state index >= 15 is 0 Å². The maximum atomic E-state index is 11.2. The van der Waals surface area contributed by atoms with Crippen molar-refractivity contribution in [3.8, 4) is 5.75 Å². The number of fused-ring (bicyclic) bond motifs is 1. The summed E-state index contributed by atoms with van der Waals surface area (Å²) in [4.78, 5) is 24.8. The topological polar surface area (TPSA) is 70.2 Å². The standard InChI is InChI=1S/C10H11NO3/c12-8-5-9(13)10(14)11-7-4-2-1-3-6(7)8/h5,12H,1-4H2,(H,11,13,14). The predicted molar refractivity (Wildman–Crippen MR) is 51.6 cm³/mol. The molecular weight excluding hydrogens is 182 g/mol. The lowest BCUT2D eigenvalue weighted by atomic mass is 9.96. The van der Waals surface area contributed by atoms with Crippen molar-refractivity contribution in [2.24, 2.45) is 0 Å². The molecule has 0 radical (unpaired) electrons. The van der Waals surface area contributed by atoms with Crippen molar-refractivity contribution >= 4 is 0 Å². The first-order valence-electron chi connectivity index (χ1n) is 4.67. The van der Waals surface area contributed by atoms with Gasteiger partial charge in [-0.05, 0) is 25.7 Å². The third kappa shape index (κ3) is 1.43. The van der Waals surface area contributed by atoms with E-state index in [0.717, 1.165) is 37.3 Å². The van der Waals surface area contributed by atoms with Crippen LogP contribution in [0.5, 0.6) is 5.75 Å². The number of H-pyrrole nitrogens is 1. The molecule has 1 heterocycles. The van der Waals surface area contributed by atoms with Gasteiger partial charge < -0.3 is 10.1 Å². The molecule has 0 amide bonds. The molecular formula is C10H11NO3. The summed E-state index contributed by atoms with van der Waals surface area (Å²) in [6.45, 7) is 0. The van der Waals surface area contributed by atoms with Crippen LogP contribution in [0.3, 0.4) is 0 Å². The fourth-order valence-electron chi connectivity index (χ4n) is 1.80. The van der Waals surface area contributed by atoms with Gasteiger partial charge in [-0.2, -0.15) is 0 Å². The Hall–Kier alpha value is -1.58. The molecule has 14 heavy (non-hydrogen) atoms. The van der Waals surface area contributed by atoms with E-state index in [1.165, 1.54) is 0 Å². The summed E-state index contributed by atoms with van der Waals surface area (Å²) in [6, 6.07) is 1.00. The van der Waals surface area contributed by atoms with Gasteiger partial charge >= 0.3 is 0 Å². The predicted octanol–water partition coefficient (Wildman–Crippen LogP) is 0.319. The number of rotatable bonds is 0. The van der Waals surface area contributed by atoms with Gasteiger partial charge in [0.1, 0.15) is 5.75 Å².